The molecule has 0 aliphatic carbocycles. The Morgan fingerprint density at radius 2 is 1.74 bits per heavy atom. The molecule has 0 saturated heterocycles. The molecule has 0 heterocycles. The van der Waals surface area contributed by atoms with Crippen LogP contribution < -0.4 is 0 Å². The third kappa shape index (κ3) is 5.16. The first kappa shape index (κ1) is 21.1. The quantitative estimate of drug-likeness (QED) is 0.279. The highest BCUT2D eigenvalue weighted by Gasteiger charge is 2.36. The monoisotopic (exact) mass is 435 g/mol. The van der Waals surface area contributed by atoms with Crippen LogP contribution in [0.1, 0.15) is 16.7 Å². The topological polar surface area (TPSA) is 67.2 Å². The number of hydrogen-bond acceptors (Lipinski definition) is 4. The Morgan fingerprint density at radius 3 is 2.26 bits per heavy atom. The van der Waals surface area contributed by atoms with E-state index in [4.69, 9.17) is 27.4 Å². The maximum absolute atomic E-state index is 13.4. The normalized spacial score (nSPS) is 12.9. The van der Waals surface area contributed by atoms with Crippen molar-refractivity contribution in [1.82, 2.24) is 0 Å². The van der Waals surface area contributed by atoms with Crippen molar-refractivity contribution in [2.75, 3.05) is 6.26 Å². The molecule has 10 heteroatoms. The Labute approximate surface area is 163 Å². The van der Waals surface area contributed by atoms with Crippen molar-refractivity contribution in [2.45, 2.75) is 6.18 Å². The average Bonchev–Trinajstić information content (AvgIpc) is 2.54. The lowest BCUT2D eigenvalue weighted by Gasteiger charge is -2.17. The maximum Gasteiger partial charge on any atom is 0.417 e. The molecule has 0 fully saturated rings. The zero-order chi connectivity index (χ0) is 20.4. The fourth-order valence-corrected chi connectivity index (χ4v) is 3.21. The van der Waals surface area contributed by atoms with Crippen molar-refractivity contribution < 1.29 is 25.8 Å². The van der Waals surface area contributed by atoms with Crippen LogP contribution in [0.15, 0.2) is 42.5 Å². The number of nitrogens with zero attached hydrogens (tertiary/aromatic N) is 1. The summed E-state index contributed by atoms with van der Waals surface area (Å²) in [7, 11) is -4.26. The van der Waals surface area contributed by atoms with Crippen molar-refractivity contribution in [1.29, 1.82) is 5.26 Å². The van der Waals surface area contributed by atoms with Gasteiger partial charge in [0.1, 0.15) is 11.6 Å². The molecule has 27 heavy (non-hydrogen) atoms. The number of halogens is 5. The van der Waals surface area contributed by atoms with Crippen molar-refractivity contribution >= 4 is 44.7 Å². The SMILES string of the molecule is CS(=O)(=O)O/C(=C(\C#N)c1ccc(Cl)cc1Cl)c1ccccc1C(F)(F)F. The third-order valence-corrected chi connectivity index (χ3v) is 4.27. The molecule has 0 spiro atoms. The molecule has 0 aliphatic heterocycles. The number of nitriles is 1. The molecule has 2 rings (SSSR count). The highest BCUT2D eigenvalue weighted by molar-refractivity contribution is 7.86. The zero-order valence-corrected chi connectivity index (χ0v) is 15.8. The standard InChI is InChI=1S/C17H10Cl2F3NO3S/c1-27(24,25)26-16(12-4-2-3-5-14(12)17(20,21)22)13(9-23)11-7-6-10(18)8-15(11)19/h2-8H,1H3/b16-13+. The summed E-state index contributed by atoms with van der Waals surface area (Å²) >= 11 is 11.8. The van der Waals surface area contributed by atoms with Crippen molar-refractivity contribution in [3.05, 3.63) is 69.2 Å². The lowest BCUT2D eigenvalue weighted by molar-refractivity contribution is -0.137. The van der Waals surface area contributed by atoms with Gasteiger partial charge < -0.3 is 4.18 Å². The summed E-state index contributed by atoms with van der Waals surface area (Å²) in [6.45, 7) is 0. The fraction of sp³-hybridized carbons (Fsp3) is 0.118. The molecule has 0 aromatic heterocycles. The van der Waals surface area contributed by atoms with E-state index in [1.165, 1.54) is 24.3 Å². The van der Waals surface area contributed by atoms with Gasteiger partial charge in [0.25, 0.3) is 0 Å². The van der Waals surface area contributed by atoms with E-state index in [1.54, 1.807) is 6.07 Å². The van der Waals surface area contributed by atoms with E-state index in [2.05, 4.69) is 0 Å². The highest BCUT2D eigenvalue weighted by Crippen LogP contribution is 2.39. The molecule has 2 aromatic rings. The molecule has 0 radical (unpaired) electrons. The predicted octanol–water partition coefficient (Wildman–Crippen LogP) is 5.38. The summed E-state index contributed by atoms with van der Waals surface area (Å²) in [5.74, 6) is -0.780. The Hall–Kier alpha value is -2.21. The van der Waals surface area contributed by atoms with Crippen LogP contribution in [-0.2, 0) is 20.5 Å². The lowest BCUT2D eigenvalue weighted by Crippen LogP contribution is -2.12. The molecule has 0 atom stereocenters. The summed E-state index contributed by atoms with van der Waals surface area (Å²) in [5, 5.41) is 9.71. The van der Waals surface area contributed by atoms with Gasteiger partial charge in [0, 0.05) is 16.1 Å². The molecule has 0 aliphatic rings. The van der Waals surface area contributed by atoms with Gasteiger partial charge in [-0.1, -0.05) is 47.5 Å². The number of rotatable bonds is 4. The van der Waals surface area contributed by atoms with Crippen molar-refractivity contribution in [3.63, 3.8) is 0 Å². The van der Waals surface area contributed by atoms with E-state index >= 15 is 0 Å². The molecule has 0 saturated carbocycles. The number of allylic oxidation sites excluding steroid dienone is 1. The van der Waals surface area contributed by atoms with Gasteiger partial charge in [0.2, 0.25) is 0 Å². The number of benzene rings is 2. The largest absolute Gasteiger partial charge is 0.417 e. The number of alkyl halides is 3. The minimum atomic E-state index is -4.81. The second-order valence-electron chi connectivity index (χ2n) is 5.27. The molecule has 0 bridgehead atoms. The van der Waals surface area contributed by atoms with E-state index in [0.29, 0.717) is 6.26 Å². The van der Waals surface area contributed by atoms with Crippen LogP contribution in [-0.4, -0.2) is 14.7 Å². The molecule has 4 nitrogen and oxygen atoms in total. The average molecular weight is 436 g/mol. The Balaban J connectivity index is 2.91. The fourth-order valence-electron chi connectivity index (χ4n) is 2.23. The molecule has 2 aromatic carbocycles. The van der Waals surface area contributed by atoms with Gasteiger partial charge in [0.05, 0.1) is 16.8 Å². The van der Waals surface area contributed by atoms with Gasteiger partial charge >= 0.3 is 16.3 Å². The highest BCUT2D eigenvalue weighted by atomic mass is 35.5. The predicted molar refractivity (Wildman–Crippen MR) is 96.3 cm³/mol. The van der Waals surface area contributed by atoms with E-state index in [0.717, 1.165) is 18.2 Å². The van der Waals surface area contributed by atoms with Gasteiger partial charge in [-0.05, 0) is 18.2 Å². The molecule has 0 amide bonds. The summed E-state index contributed by atoms with van der Waals surface area (Å²) < 4.78 is 68.3. The van der Waals surface area contributed by atoms with Crippen LogP contribution in [0.25, 0.3) is 11.3 Å². The van der Waals surface area contributed by atoms with Gasteiger partial charge in [-0.3, -0.25) is 0 Å². The Bertz CT molecular complexity index is 1060. The van der Waals surface area contributed by atoms with Crippen LogP contribution in [0.2, 0.25) is 10.0 Å². The zero-order valence-electron chi connectivity index (χ0n) is 13.5. The molecule has 142 valence electrons. The first-order valence-corrected chi connectivity index (χ1v) is 9.67. The molecular formula is C17H10Cl2F3NO3S. The van der Waals surface area contributed by atoms with Crippen LogP contribution >= 0.6 is 23.2 Å². The second kappa shape index (κ2) is 7.80. The first-order valence-electron chi connectivity index (χ1n) is 7.10. The first-order chi connectivity index (χ1) is 12.4. The minimum Gasteiger partial charge on any atom is -0.380 e. The summed E-state index contributed by atoms with van der Waals surface area (Å²) in [6, 6.07) is 9.72. The summed E-state index contributed by atoms with van der Waals surface area (Å²) in [6.07, 6.45) is -4.16. The van der Waals surface area contributed by atoms with Crippen LogP contribution in [0.4, 0.5) is 13.2 Å². The summed E-state index contributed by atoms with van der Waals surface area (Å²) in [5.41, 5.74) is -2.29. The lowest BCUT2D eigenvalue weighted by atomic mass is 9.98. The smallest absolute Gasteiger partial charge is 0.380 e. The van der Waals surface area contributed by atoms with Gasteiger partial charge in [-0.2, -0.15) is 26.9 Å². The van der Waals surface area contributed by atoms with E-state index in [1.807, 2.05) is 0 Å². The van der Waals surface area contributed by atoms with Gasteiger partial charge in [-0.15, -0.1) is 0 Å². The Kier molecular flexibility index (Phi) is 6.10. The van der Waals surface area contributed by atoms with E-state index in [9.17, 15) is 26.9 Å². The third-order valence-electron chi connectivity index (χ3n) is 3.25. The van der Waals surface area contributed by atoms with Crippen LogP contribution in [0, 0.1) is 11.3 Å². The van der Waals surface area contributed by atoms with Crippen molar-refractivity contribution in [3.8, 4) is 6.07 Å². The van der Waals surface area contributed by atoms with Gasteiger partial charge in [-0.25, -0.2) is 0 Å². The summed E-state index contributed by atoms with van der Waals surface area (Å²) in [4.78, 5) is 0. The molecular weight excluding hydrogens is 426 g/mol. The minimum absolute atomic E-state index is 0.0285. The Morgan fingerprint density at radius 1 is 1.11 bits per heavy atom. The maximum atomic E-state index is 13.4. The van der Waals surface area contributed by atoms with Crippen LogP contribution in [0.5, 0.6) is 0 Å². The van der Waals surface area contributed by atoms with Crippen molar-refractivity contribution in [2.24, 2.45) is 0 Å². The molecule has 0 N–H and O–H groups in total. The van der Waals surface area contributed by atoms with E-state index in [-0.39, 0.29) is 15.6 Å². The molecule has 0 unspecified atom stereocenters. The van der Waals surface area contributed by atoms with Gasteiger partial charge in [0.15, 0.2) is 5.76 Å². The van der Waals surface area contributed by atoms with Crippen LogP contribution in [0.3, 0.4) is 0 Å². The number of hydrogen-bond donors (Lipinski definition) is 0. The second-order valence-corrected chi connectivity index (χ2v) is 7.69. The van der Waals surface area contributed by atoms with E-state index < -0.39 is 38.8 Å².